The van der Waals surface area contributed by atoms with E-state index in [9.17, 15) is 9.90 Å². The predicted octanol–water partition coefficient (Wildman–Crippen LogP) is -0.718. The van der Waals surface area contributed by atoms with Crippen molar-refractivity contribution >= 4 is 5.97 Å². The molecule has 4 nitrogen and oxygen atoms in total. The van der Waals surface area contributed by atoms with Gasteiger partial charge in [-0.3, -0.25) is 4.90 Å². The Kier molecular flexibility index (Phi) is 2.26. The lowest BCUT2D eigenvalue weighted by Gasteiger charge is -2.41. The normalized spacial score (nSPS) is 33.6. The van der Waals surface area contributed by atoms with Crippen LogP contribution in [-0.4, -0.2) is 30.5 Å². The van der Waals surface area contributed by atoms with E-state index >= 15 is 0 Å². The number of nitriles is 1. The summed E-state index contributed by atoms with van der Waals surface area (Å²) in [6.07, 6.45) is 1.96. The number of carboxylic acids is 1. The van der Waals surface area contributed by atoms with Crippen LogP contribution in [0, 0.1) is 17.2 Å². The van der Waals surface area contributed by atoms with Crippen LogP contribution >= 0.6 is 0 Å². The van der Waals surface area contributed by atoms with E-state index in [4.69, 9.17) is 5.26 Å². The lowest BCUT2D eigenvalue weighted by molar-refractivity contribution is -0.298. The number of carbonyl (C=O) groups is 1. The van der Waals surface area contributed by atoms with Crippen molar-refractivity contribution in [2.75, 3.05) is 19.6 Å². The van der Waals surface area contributed by atoms with E-state index in [1.807, 2.05) is 0 Å². The number of aliphatic carboxylic acids is 1. The molecular formula is C10H11N2O2-. The van der Waals surface area contributed by atoms with Crippen molar-refractivity contribution in [3.63, 3.8) is 0 Å². The maximum atomic E-state index is 10.7. The van der Waals surface area contributed by atoms with Gasteiger partial charge < -0.3 is 9.90 Å². The van der Waals surface area contributed by atoms with Crippen LogP contribution in [0.5, 0.6) is 0 Å². The van der Waals surface area contributed by atoms with Gasteiger partial charge in [0.1, 0.15) is 6.07 Å². The van der Waals surface area contributed by atoms with Crippen molar-refractivity contribution in [2.24, 2.45) is 5.92 Å². The Bertz CT molecular complexity index is 333. The van der Waals surface area contributed by atoms with Gasteiger partial charge in [0.25, 0.3) is 0 Å². The lowest BCUT2D eigenvalue weighted by atomic mass is 9.81. The summed E-state index contributed by atoms with van der Waals surface area (Å²) >= 11 is 0. The summed E-state index contributed by atoms with van der Waals surface area (Å²) in [6.45, 7) is 2.70. The van der Waals surface area contributed by atoms with E-state index in [2.05, 4.69) is 4.90 Å². The summed E-state index contributed by atoms with van der Waals surface area (Å²) in [5, 5.41) is 19.4. The summed E-state index contributed by atoms with van der Waals surface area (Å²) in [5.74, 6) is -1.02. The molecule has 0 radical (unpaired) electrons. The summed E-state index contributed by atoms with van der Waals surface area (Å²) < 4.78 is 0. The fourth-order valence-electron chi connectivity index (χ4n) is 2.34. The molecule has 0 atom stereocenters. The zero-order chi connectivity index (χ0) is 10.1. The second kappa shape index (κ2) is 3.43. The van der Waals surface area contributed by atoms with Gasteiger partial charge in [-0.05, 0) is 37.4 Å². The molecule has 0 spiro atoms. The van der Waals surface area contributed by atoms with Crippen molar-refractivity contribution < 1.29 is 9.90 Å². The second-order valence-electron chi connectivity index (χ2n) is 3.85. The van der Waals surface area contributed by atoms with Gasteiger partial charge in [-0.15, -0.1) is 0 Å². The first-order valence-electron chi connectivity index (χ1n) is 4.79. The van der Waals surface area contributed by atoms with Gasteiger partial charge in [-0.2, -0.15) is 5.26 Å². The quantitative estimate of drug-likeness (QED) is 0.405. The molecule has 3 rings (SSSR count). The highest BCUT2D eigenvalue weighted by molar-refractivity contribution is 5.90. The molecule has 3 aliphatic rings. The number of carboxylic acid groups (broad SMARTS) is 1. The average molecular weight is 191 g/mol. The number of carbonyl (C=O) groups excluding carboxylic acids is 1. The molecule has 14 heavy (non-hydrogen) atoms. The van der Waals surface area contributed by atoms with E-state index in [0.717, 1.165) is 31.5 Å². The monoisotopic (exact) mass is 191 g/mol. The molecule has 0 amide bonds. The number of rotatable bonds is 1. The third-order valence-corrected chi connectivity index (χ3v) is 3.11. The zero-order valence-electron chi connectivity index (χ0n) is 7.82. The van der Waals surface area contributed by atoms with Crippen LogP contribution in [-0.2, 0) is 4.79 Å². The first-order valence-corrected chi connectivity index (χ1v) is 4.79. The average Bonchev–Trinajstić information content (AvgIpc) is 2.20. The van der Waals surface area contributed by atoms with Gasteiger partial charge in [0.2, 0.25) is 0 Å². The van der Waals surface area contributed by atoms with Gasteiger partial charge in [0.15, 0.2) is 0 Å². The number of fused-ring (bicyclic) bond motifs is 3. The van der Waals surface area contributed by atoms with Gasteiger partial charge in [0, 0.05) is 6.54 Å². The van der Waals surface area contributed by atoms with Crippen LogP contribution in [0.2, 0.25) is 0 Å². The smallest absolute Gasteiger partial charge is 0.101 e. The Balaban J connectivity index is 2.34. The Morgan fingerprint density at radius 1 is 1.50 bits per heavy atom. The number of hydrogen-bond acceptors (Lipinski definition) is 4. The van der Waals surface area contributed by atoms with Crippen LogP contribution in [0.4, 0.5) is 0 Å². The largest absolute Gasteiger partial charge is 0.544 e. The van der Waals surface area contributed by atoms with Crippen LogP contribution in [0.3, 0.4) is 0 Å². The molecule has 3 aliphatic heterocycles. The molecule has 0 saturated carbocycles. The van der Waals surface area contributed by atoms with E-state index < -0.39 is 5.97 Å². The summed E-state index contributed by atoms with van der Waals surface area (Å²) in [5.41, 5.74) is 0.643. The summed E-state index contributed by atoms with van der Waals surface area (Å²) in [4.78, 5) is 12.9. The highest BCUT2D eigenvalue weighted by atomic mass is 16.4. The molecule has 2 bridgehead atoms. The Morgan fingerprint density at radius 2 is 2.14 bits per heavy atom. The van der Waals surface area contributed by atoms with E-state index in [0.29, 0.717) is 12.5 Å². The van der Waals surface area contributed by atoms with Gasteiger partial charge in [-0.1, -0.05) is 0 Å². The van der Waals surface area contributed by atoms with Gasteiger partial charge >= 0.3 is 0 Å². The predicted molar refractivity (Wildman–Crippen MR) is 46.8 cm³/mol. The first kappa shape index (κ1) is 9.22. The minimum atomic E-state index is -1.32. The maximum Gasteiger partial charge on any atom is 0.101 e. The molecule has 0 N–H and O–H groups in total. The van der Waals surface area contributed by atoms with Crippen molar-refractivity contribution in [3.8, 4) is 6.07 Å². The fourth-order valence-corrected chi connectivity index (χ4v) is 2.34. The minimum absolute atomic E-state index is 0.139. The van der Waals surface area contributed by atoms with Crippen molar-refractivity contribution in [2.45, 2.75) is 12.8 Å². The molecule has 3 saturated heterocycles. The topological polar surface area (TPSA) is 67.2 Å². The van der Waals surface area contributed by atoms with E-state index in [1.165, 1.54) is 0 Å². The summed E-state index contributed by atoms with van der Waals surface area (Å²) in [6, 6.07) is 1.75. The zero-order valence-corrected chi connectivity index (χ0v) is 7.82. The van der Waals surface area contributed by atoms with Crippen LogP contribution in [0.1, 0.15) is 12.8 Å². The molecule has 4 heteroatoms. The van der Waals surface area contributed by atoms with Crippen molar-refractivity contribution in [1.82, 2.24) is 4.90 Å². The van der Waals surface area contributed by atoms with Gasteiger partial charge in [0.05, 0.1) is 11.5 Å². The highest BCUT2D eigenvalue weighted by Crippen LogP contribution is 2.33. The molecule has 0 aromatic carbocycles. The Hall–Kier alpha value is -1.34. The van der Waals surface area contributed by atoms with Crippen LogP contribution in [0.25, 0.3) is 0 Å². The lowest BCUT2D eigenvalue weighted by Crippen LogP contribution is -2.44. The third-order valence-electron chi connectivity index (χ3n) is 3.11. The minimum Gasteiger partial charge on any atom is -0.544 e. The van der Waals surface area contributed by atoms with E-state index in [-0.39, 0.29) is 5.57 Å². The number of piperidine rings is 3. The molecule has 74 valence electrons. The molecule has 3 fully saturated rings. The van der Waals surface area contributed by atoms with E-state index in [1.54, 1.807) is 6.07 Å². The maximum absolute atomic E-state index is 10.7. The molecule has 3 heterocycles. The van der Waals surface area contributed by atoms with Gasteiger partial charge in [-0.25, -0.2) is 0 Å². The summed E-state index contributed by atoms with van der Waals surface area (Å²) in [7, 11) is 0. The third kappa shape index (κ3) is 1.40. The van der Waals surface area contributed by atoms with Crippen molar-refractivity contribution in [3.05, 3.63) is 11.1 Å². The molecule has 0 aliphatic carbocycles. The number of hydrogen-bond donors (Lipinski definition) is 0. The molecule has 0 unspecified atom stereocenters. The second-order valence-corrected chi connectivity index (χ2v) is 3.85. The standard InChI is InChI=1S/C10H12N2O2/c11-5-8(10(13)14)9-6-12-3-1-7(9)2-4-12/h7H,1-4,6H2,(H,13,14)/p-1/b9-8+. The van der Waals surface area contributed by atoms with Crippen LogP contribution < -0.4 is 5.11 Å². The first-order chi connectivity index (χ1) is 6.72. The molecule has 0 aromatic heterocycles. The highest BCUT2D eigenvalue weighted by Gasteiger charge is 2.31. The van der Waals surface area contributed by atoms with Crippen molar-refractivity contribution in [1.29, 1.82) is 5.26 Å². The molecule has 0 aromatic rings. The Morgan fingerprint density at radius 3 is 2.50 bits per heavy atom. The van der Waals surface area contributed by atoms with Crippen LogP contribution in [0.15, 0.2) is 11.1 Å². The molecular weight excluding hydrogens is 180 g/mol. The fraction of sp³-hybridized carbons (Fsp3) is 0.600. The SMILES string of the molecule is N#C/C(C(=O)[O-])=C1/CN2CCC1CC2. The number of nitrogens with zero attached hydrogens (tertiary/aromatic N) is 2. The Labute approximate surface area is 82.4 Å².